The Kier molecular flexibility index (Phi) is 1.50. The van der Waals surface area contributed by atoms with Crippen LogP contribution in [0.2, 0.25) is 0 Å². The summed E-state index contributed by atoms with van der Waals surface area (Å²) in [5.74, 6) is 0. The first-order chi connectivity index (χ1) is 3.84. The molecule has 0 spiro atoms. The van der Waals surface area contributed by atoms with Gasteiger partial charge in [-0.1, -0.05) is 11.6 Å². The van der Waals surface area contributed by atoms with Crippen LogP contribution in [0.5, 0.6) is 0 Å². The zero-order valence-electron chi connectivity index (χ0n) is 4.00. The minimum Gasteiger partial charge on any atom is -0.392 e. The van der Waals surface area contributed by atoms with Crippen molar-refractivity contribution in [1.82, 2.24) is 5.43 Å². The lowest BCUT2D eigenvalue weighted by Crippen LogP contribution is -1.90. The number of nitrogens with zero attached hydrogens (tertiary/aromatic N) is 2. The van der Waals surface area contributed by atoms with Crippen molar-refractivity contribution < 1.29 is 5.11 Å². The molecule has 0 aromatic rings. The highest BCUT2D eigenvalue weighted by molar-refractivity contribution is 6.31. The topological polar surface area (TPSA) is 46.7 Å². The largest absolute Gasteiger partial charge is 0.392 e. The number of aliphatic hydroxyl groups excluding tert-OH is 1. The number of aliphatic hydroxyl groups is 1. The first kappa shape index (κ1) is 5.59. The molecule has 0 saturated heterocycles. The molecule has 1 radical (unpaired) electrons. The molecule has 1 rings (SSSR count). The molecule has 1 N–H and O–H groups in total. The summed E-state index contributed by atoms with van der Waals surface area (Å²) in [5.41, 5.74) is 4.02. The first-order valence-corrected chi connectivity index (χ1v) is 2.46. The van der Waals surface area contributed by atoms with Gasteiger partial charge in [0.25, 0.3) is 0 Å². The van der Waals surface area contributed by atoms with E-state index in [0.29, 0.717) is 5.57 Å². The second kappa shape index (κ2) is 2.15. The minimum atomic E-state index is -0.0914. The van der Waals surface area contributed by atoms with Crippen LogP contribution in [0.15, 0.2) is 15.8 Å². The van der Waals surface area contributed by atoms with Crippen LogP contribution in [0.3, 0.4) is 0 Å². The summed E-state index contributed by atoms with van der Waals surface area (Å²) in [5, 5.41) is 12.2. The molecule has 1 aliphatic heterocycles. The van der Waals surface area contributed by atoms with E-state index in [2.05, 4.69) is 10.5 Å². The zero-order valence-corrected chi connectivity index (χ0v) is 4.76. The predicted octanol–water partition coefficient (Wildman–Crippen LogP) is 0.0329. The van der Waals surface area contributed by atoms with Crippen LogP contribution in [0, 0.1) is 0 Å². The van der Waals surface area contributed by atoms with E-state index in [-0.39, 0.29) is 11.8 Å². The van der Waals surface area contributed by atoms with Crippen LogP contribution >= 0.6 is 11.6 Å². The van der Waals surface area contributed by atoms with E-state index in [9.17, 15) is 0 Å². The second-order valence-electron chi connectivity index (χ2n) is 1.32. The summed E-state index contributed by atoms with van der Waals surface area (Å²) in [4.78, 5) is 0. The average molecular weight is 132 g/mol. The summed E-state index contributed by atoms with van der Waals surface area (Å²) < 4.78 is 0. The van der Waals surface area contributed by atoms with Gasteiger partial charge < -0.3 is 5.11 Å². The number of rotatable bonds is 1. The van der Waals surface area contributed by atoms with Crippen molar-refractivity contribution >= 4 is 17.8 Å². The fourth-order valence-electron chi connectivity index (χ4n) is 0.373. The van der Waals surface area contributed by atoms with Gasteiger partial charge in [-0.3, -0.25) is 0 Å². The van der Waals surface area contributed by atoms with Crippen LogP contribution < -0.4 is 5.43 Å². The third-order valence-corrected chi connectivity index (χ3v) is 1.11. The average Bonchev–Trinajstić information content (AvgIpc) is 2.14. The van der Waals surface area contributed by atoms with Crippen molar-refractivity contribution in [3.63, 3.8) is 0 Å². The third kappa shape index (κ3) is 0.827. The smallest absolute Gasteiger partial charge is 0.158 e. The van der Waals surface area contributed by atoms with Crippen molar-refractivity contribution in [3.05, 3.63) is 10.7 Å². The van der Waals surface area contributed by atoms with Crippen LogP contribution in [0.4, 0.5) is 0 Å². The second-order valence-corrected chi connectivity index (χ2v) is 1.68. The summed E-state index contributed by atoms with van der Waals surface area (Å²) in [7, 11) is 0. The molecule has 0 unspecified atom stereocenters. The highest BCUT2D eigenvalue weighted by Crippen LogP contribution is 2.09. The van der Waals surface area contributed by atoms with Gasteiger partial charge in [0.1, 0.15) is 0 Å². The maximum atomic E-state index is 8.44. The molecule has 0 aromatic heterocycles. The van der Waals surface area contributed by atoms with Gasteiger partial charge >= 0.3 is 0 Å². The van der Waals surface area contributed by atoms with E-state index in [1.807, 2.05) is 0 Å². The molecule has 0 aromatic carbocycles. The van der Waals surface area contributed by atoms with Crippen LogP contribution in [-0.4, -0.2) is 17.9 Å². The molecular weight excluding hydrogens is 128 g/mol. The van der Waals surface area contributed by atoms with Gasteiger partial charge in [-0.2, -0.15) is 5.10 Å². The normalized spacial score (nSPS) is 17.2. The van der Waals surface area contributed by atoms with Gasteiger partial charge in [-0.05, 0) is 0 Å². The van der Waals surface area contributed by atoms with E-state index >= 15 is 0 Å². The Morgan fingerprint density at radius 1 is 1.75 bits per heavy atom. The van der Waals surface area contributed by atoms with Gasteiger partial charge in [0, 0.05) is 5.57 Å². The summed E-state index contributed by atoms with van der Waals surface area (Å²) in [6.45, 7) is -0.0914. The van der Waals surface area contributed by atoms with Crippen LogP contribution in [0.1, 0.15) is 0 Å². The molecule has 4 heteroatoms. The van der Waals surface area contributed by atoms with E-state index in [0.717, 1.165) is 0 Å². The summed E-state index contributed by atoms with van der Waals surface area (Å²) in [6.07, 6.45) is 1.43. The maximum Gasteiger partial charge on any atom is 0.158 e. The van der Waals surface area contributed by atoms with Crippen molar-refractivity contribution in [2.75, 3.05) is 6.61 Å². The monoisotopic (exact) mass is 131 g/mol. The summed E-state index contributed by atoms with van der Waals surface area (Å²) >= 11 is 5.41. The van der Waals surface area contributed by atoms with Crippen molar-refractivity contribution in [2.24, 2.45) is 5.10 Å². The van der Waals surface area contributed by atoms with Crippen LogP contribution in [-0.2, 0) is 0 Å². The molecule has 0 fully saturated rings. The fourth-order valence-corrected chi connectivity index (χ4v) is 0.525. The van der Waals surface area contributed by atoms with Gasteiger partial charge in [-0.25, -0.2) is 0 Å². The number of hydrogen-bond donors (Lipinski definition) is 1. The molecule has 1 heterocycles. The van der Waals surface area contributed by atoms with Crippen molar-refractivity contribution in [3.8, 4) is 0 Å². The SMILES string of the molecule is OCC1=C(Cl)[N]N=C1. The van der Waals surface area contributed by atoms with Crippen LogP contribution in [0.25, 0.3) is 0 Å². The molecular formula is C4H4ClN2O. The Hall–Kier alpha value is -0.540. The molecule has 0 atom stereocenters. The van der Waals surface area contributed by atoms with Crippen molar-refractivity contribution in [2.45, 2.75) is 0 Å². The number of halogens is 1. The van der Waals surface area contributed by atoms with Crippen molar-refractivity contribution in [1.29, 1.82) is 0 Å². The zero-order chi connectivity index (χ0) is 5.98. The fraction of sp³-hybridized carbons (Fsp3) is 0.250. The quantitative estimate of drug-likeness (QED) is 0.502. The molecule has 43 valence electrons. The molecule has 8 heavy (non-hydrogen) atoms. The molecule has 0 aliphatic carbocycles. The Morgan fingerprint density at radius 3 is 2.75 bits per heavy atom. The lowest BCUT2D eigenvalue weighted by Gasteiger charge is -1.86. The highest BCUT2D eigenvalue weighted by atomic mass is 35.5. The van der Waals surface area contributed by atoms with Gasteiger partial charge in [0.05, 0.1) is 12.8 Å². The Labute approximate surface area is 51.7 Å². The Bertz CT molecular complexity index is 152. The maximum absolute atomic E-state index is 8.44. The van der Waals surface area contributed by atoms with E-state index in [1.165, 1.54) is 6.21 Å². The minimum absolute atomic E-state index is 0.0914. The molecule has 3 nitrogen and oxygen atoms in total. The van der Waals surface area contributed by atoms with E-state index in [4.69, 9.17) is 16.7 Å². The first-order valence-electron chi connectivity index (χ1n) is 2.08. The lowest BCUT2D eigenvalue weighted by atomic mass is 10.3. The molecule has 1 aliphatic rings. The van der Waals surface area contributed by atoms with Gasteiger partial charge in [-0.15, -0.1) is 5.43 Å². The molecule has 0 amide bonds. The Balaban J connectivity index is 2.70. The molecule has 0 saturated carbocycles. The third-order valence-electron chi connectivity index (χ3n) is 0.794. The Morgan fingerprint density at radius 2 is 2.50 bits per heavy atom. The highest BCUT2D eigenvalue weighted by Gasteiger charge is 2.06. The summed E-state index contributed by atoms with van der Waals surface area (Å²) in [6, 6.07) is 0. The van der Waals surface area contributed by atoms with E-state index in [1.54, 1.807) is 0 Å². The standard InChI is InChI=1S/C4H4ClN2O/c5-4-3(2-8)1-6-7-4/h1,8H,2H2. The molecule has 0 bridgehead atoms. The van der Waals surface area contributed by atoms with Gasteiger partial charge in [0.15, 0.2) is 5.16 Å². The predicted molar refractivity (Wildman–Crippen MR) is 30.6 cm³/mol. The number of hydrogen-bond acceptors (Lipinski definition) is 2. The van der Waals surface area contributed by atoms with Gasteiger partial charge in [0.2, 0.25) is 0 Å². The lowest BCUT2D eigenvalue weighted by molar-refractivity contribution is 0.337. The van der Waals surface area contributed by atoms with E-state index < -0.39 is 0 Å².